The molecule has 2 nitrogen and oxygen atoms in total. The van der Waals surface area contributed by atoms with Crippen molar-refractivity contribution in [1.29, 1.82) is 0 Å². The fourth-order valence-electron chi connectivity index (χ4n) is 2.69. The number of ether oxygens (including phenoxy) is 1. The molecule has 0 aromatic heterocycles. The lowest BCUT2D eigenvalue weighted by Crippen LogP contribution is -2.26. The van der Waals surface area contributed by atoms with E-state index in [9.17, 15) is 22.4 Å². The molecule has 0 N–H and O–H groups in total. The summed E-state index contributed by atoms with van der Waals surface area (Å²) >= 11 is 11.1. The average Bonchev–Trinajstić information content (AvgIpc) is 2.95. The summed E-state index contributed by atoms with van der Waals surface area (Å²) in [7, 11) is 0. The van der Waals surface area contributed by atoms with E-state index in [4.69, 9.17) is 23.2 Å². The van der Waals surface area contributed by atoms with Crippen molar-refractivity contribution in [1.82, 2.24) is 0 Å². The second-order valence-corrected chi connectivity index (χ2v) is 7.28. The van der Waals surface area contributed by atoms with Crippen LogP contribution in [0.4, 0.5) is 17.6 Å². The number of benzene rings is 1. The van der Waals surface area contributed by atoms with Crippen molar-refractivity contribution >= 4 is 29.2 Å². The van der Waals surface area contributed by atoms with Crippen molar-refractivity contribution in [3.05, 3.63) is 45.5 Å². The van der Waals surface area contributed by atoms with Gasteiger partial charge in [-0.3, -0.25) is 4.79 Å². The summed E-state index contributed by atoms with van der Waals surface area (Å²) in [5, 5.41) is 0. The van der Waals surface area contributed by atoms with E-state index in [-0.39, 0.29) is 10.1 Å². The molecule has 1 aliphatic carbocycles. The Hall–Kier alpha value is -1.27. The number of rotatable bonds is 4. The van der Waals surface area contributed by atoms with Crippen LogP contribution in [0.2, 0.25) is 0 Å². The fraction of sp³-hybridized carbons (Fsp3) is 0.438. The van der Waals surface area contributed by atoms with Crippen LogP contribution in [0, 0.1) is 35.8 Å². The highest BCUT2D eigenvalue weighted by molar-refractivity contribution is 6.55. The van der Waals surface area contributed by atoms with Crippen LogP contribution in [0.1, 0.15) is 25.0 Å². The second kappa shape index (κ2) is 6.23. The van der Waals surface area contributed by atoms with Gasteiger partial charge >= 0.3 is 12.1 Å². The number of halogens is 6. The SMILES string of the molecule is Cc1ccc(C(F)(F)OC(=O)[C@@H]2[C@H](C=C(Cl)Cl)C2(C)C)c(F)c1F. The third-order valence-electron chi connectivity index (χ3n) is 4.29. The highest BCUT2D eigenvalue weighted by Crippen LogP contribution is 2.60. The van der Waals surface area contributed by atoms with E-state index in [1.54, 1.807) is 13.8 Å². The standard InChI is InChI=1S/C16H14Cl2F4O2/c1-7-4-5-8(13(20)12(7)19)16(21,22)24-14(23)11-9(6-10(17)18)15(11,2)3/h4-6,9,11H,1-3H3/t9-,11-/m0/s1. The fourth-order valence-corrected chi connectivity index (χ4v) is 2.96. The summed E-state index contributed by atoms with van der Waals surface area (Å²) in [6.45, 7) is 4.54. The second-order valence-electron chi connectivity index (χ2n) is 6.28. The number of hydrogen-bond donors (Lipinski definition) is 0. The Bertz CT molecular complexity index is 712. The van der Waals surface area contributed by atoms with E-state index in [2.05, 4.69) is 4.74 Å². The molecule has 1 aliphatic rings. The third kappa shape index (κ3) is 3.40. The summed E-state index contributed by atoms with van der Waals surface area (Å²) in [4.78, 5) is 12.0. The van der Waals surface area contributed by atoms with Gasteiger partial charge in [0.05, 0.1) is 5.92 Å². The molecule has 1 saturated carbocycles. The largest absolute Gasteiger partial charge is 0.431 e. The smallest absolute Gasteiger partial charge is 0.397 e. The Kier molecular flexibility index (Phi) is 4.94. The van der Waals surface area contributed by atoms with Gasteiger partial charge in [0.25, 0.3) is 0 Å². The van der Waals surface area contributed by atoms with Crippen LogP contribution in [0.5, 0.6) is 0 Å². The highest BCUT2D eigenvalue weighted by Gasteiger charge is 2.63. The molecule has 1 fully saturated rings. The van der Waals surface area contributed by atoms with Crippen LogP contribution < -0.4 is 0 Å². The maximum Gasteiger partial charge on any atom is 0.431 e. The molecule has 8 heteroatoms. The first kappa shape index (κ1) is 19.1. The van der Waals surface area contributed by atoms with Gasteiger partial charge in [0.1, 0.15) is 10.1 Å². The maximum absolute atomic E-state index is 14.1. The third-order valence-corrected chi connectivity index (χ3v) is 4.54. The van der Waals surface area contributed by atoms with E-state index < -0.39 is 46.5 Å². The lowest BCUT2D eigenvalue weighted by atomic mass is 10.1. The van der Waals surface area contributed by atoms with Gasteiger partial charge in [-0.25, -0.2) is 8.78 Å². The normalized spacial score (nSPS) is 22.0. The summed E-state index contributed by atoms with van der Waals surface area (Å²) in [6.07, 6.45) is -2.94. The maximum atomic E-state index is 14.1. The van der Waals surface area contributed by atoms with Crippen LogP contribution in [0.3, 0.4) is 0 Å². The Morgan fingerprint density at radius 1 is 1.25 bits per heavy atom. The molecule has 0 aliphatic heterocycles. The lowest BCUT2D eigenvalue weighted by molar-refractivity contribution is -0.243. The molecule has 132 valence electrons. The Morgan fingerprint density at radius 3 is 2.38 bits per heavy atom. The molecule has 0 saturated heterocycles. The zero-order chi connectivity index (χ0) is 18.4. The van der Waals surface area contributed by atoms with Crippen molar-refractivity contribution in [3.8, 4) is 0 Å². The summed E-state index contributed by atoms with van der Waals surface area (Å²) in [5.74, 6) is -5.78. The summed E-state index contributed by atoms with van der Waals surface area (Å²) in [5.41, 5.74) is -2.15. The highest BCUT2D eigenvalue weighted by atomic mass is 35.5. The molecule has 0 radical (unpaired) electrons. The molecule has 1 aromatic rings. The van der Waals surface area contributed by atoms with Crippen LogP contribution in [-0.2, 0) is 15.6 Å². The van der Waals surface area contributed by atoms with Gasteiger partial charge in [-0.2, -0.15) is 8.78 Å². The number of hydrogen-bond acceptors (Lipinski definition) is 2. The zero-order valence-electron chi connectivity index (χ0n) is 13.0. The number of carbonyl (C=O) groups is 1. The summed E-state index contributed by atoms with van der Waals surface area (Å²) in [6, 6.07) is 1.67. The Balaban J connectivity index is 2.23. The monoisotopic (exact) mass is 384 g/mol. The van der Waals surface area contributed by atoms with Gasteiger partial charge < -0.3 is 4.74 Å². The van der Waals surface area contributed by atoms with Gasteiger partial charge in [-0.05, 0) is 36.0 Å². The predicted octanol–water partition coefficient (Wildman–Crippen LogP) is 5.46. The van der Waals surface area contributed by atoms with Crippen LogP contribution in [-0.4, -0.2) is 5.97 Å². The molecule has 2 rings (SSSR count). The van der Waals surface area contributed by atoms with Crippen molar-refractivity contribution in [2.24, 2.45) is 17.3 Å². The number of carbonyl (C=O) groups excluding carboxylic acids is 1. The molecular weight excluding hydrogens is 371 g/mol. The van der Waals surface area contributed by atoms with Crippen molar-refractivity contribution in [2.45, 2.75) is 26.9 Å². The zero-order valence-corrected chi connectivity index (χ0v) is 14.5. The average molecular weight is 385 g/mol. The van der Waals surface area contributed by atoms with Crippen molar-refractivity contribution < 1.29 is 27.1 Å². The van der Waals surface area contributed by atoms with Crippen molar-refractivity contribution in [2.75, 3.05) is 0 Å². The first-order valence-electron chi connectivity index (χ1n) is 6.98. The molecule has 0 bridgehead atoms. The van der Waals surface area contributed by atoms with Crippen molar-refractivity contribution in [3.63, 3.8) is 0 Å². The molecule has 0 heterocycles. The lowest BCUT2D eigenvalue weighted by Gasteiger charge is -2.18. The van der Waals surface area contributed by atoms with E-state index in [1.165, 1.54) is 13.0 Å². The Labute approximate surface area is 146 Å². The number of alkyl halides is 2. The summed E-state index contributed by atoms with van der Waals surface area (Å²) < 4.78 is 59.5. The Morgan fingerprint density at radius 2 is 1.83 bits per heavy atom. The van der Waals surface area contributed by atoms with Gasteiger partial charge in [-0.1, -0.05) is 43.1 Å². The molecule has 0 spiro atoms. The van der Waals surface area contributed by atoms with E-state index in [1.807, 2.05) is 0 Å². The van der Waals surface area contributed by atoms with Gasteiger partial charge in [-0.15, -0.1) is 0 Å². The molecule has 0 unspecified atom stereocenters. The first-order chi connectivity index (χ1) is 10.9. The topological polar surface area (TPSA) is 26.3 Å². The van der Waals surface area contributed by atoms with Crippen LogP contribution >= 0.6 is 23.2 Å². The number of allylic oxidation sites excluding steroid dienone is 1. The number of esters is 1. The van der Waals surface area contributed by atoms with Gasteiger partial charge in [0.15, 0.2) is 11.6 Å². The minimum absolute atomic E-state index is 0.0956. The first-order valence-corrected chi connectivity index (χ1v) is 7.73. The van der Waals surface area contributed by atoms with Gasteiger partial charge in [0.2, 0.25) is 0 Å². The molecule has 0 amide bonds. The van der Waals surface area contributed by atoms with E-state index >= 15 is 0 Å². The molecule has 2 atom stereocenters. The molecular formula is C16H14Cl2F4O2. The van der Waals surface area contributed by atoms with E-state index in [0.29, 0.717) is 6.07 Å². The van der Waals surface area contributed by atoms with Crippen LogP contribution in [0.15, 0.2) is 22.7 Å². The minimum Gasteiger partial charge on any atom is -0.397 e. The molecule has 24 heavy (non-hydrogen) atoms. The predicted molar refractivity (Wildman–Crippen MR) is 81.6 cm³/mol. The minimum atomic E-state index is -4.30. The number of aryl methyl sites for hydroxylation is 1. The van der Waals surface area contributed by atoms with E-state index in [0.717, 1.165) is 6.07 Å². The molecule has 1 aromatic carbocycles. The van der Waals surface area contributed by atoms with Crippen LogP contribution in [0.25, 0.3) is 0 Å². The quantitative estimate of drug-likeness (QED) is 0.509. The van der Waals surface area contributed by atoms with Gasteiger partial charge in [0, 0.05) is 0 Å².